The number of pyridine rings is 1. The third-order valence-corrected chi connectivity index (χ3v) is 4.64. The quantitative estimate of drug-likeness (QED) is 0.849. The number of hydrogen-bond acceptors (Lipinski definition) is 7. The molecule has 1 aliphatic heterocycles. The Morgan fingerprint density at radius 3 is 2.43 bits per heavy atom. The van der Waals surface area contributed by atoms with Crippen molar-refractivity contribution in [2.75, 3.05) is 44.0 Å². The summed E-state index contributed by atoms with van der Waals surface area (Å²) >= 11 is 0. The van der Waals surface area contributed by atoms with Gasteiger partial charge in [0.1, 0.15) is 11.4 Å². The second-order valence-electron chi connectivity index (χ2n) is 6.90. The lowest BCUT2D eigenvalue weighted by molar-refractivity contribution is -0.137. The van der Waals surface area contributed by atoms with Gasteiger partial charge in [-0.2, -0.15) is 13.2 Å². The zero-order chi connectivity index (χ0) is 20.5. The molecule has 1 saturated heterocycles. The lowest BCUT2D eigenvalue weighted by Crippen LogP contribution is -2.38. The molecule has 1 fully saturated rings. The van der Waals surface area contributed by atoms with Gasteiger partial charge >= 0.3 is 6.18 Å². The second kappa shape index (κ2) is 7.51. The number of nitrogen functional groups attached to an aromatic ring is 1. The number of halogens is 3. The molecule has 0 amide bonds. The monoisotopic (exact) mass is 397 g/mol. The van der Waals surface area contributed by atoms with Crippen LogP contribution in [-0.4, -0.2) is 48.4 Å². The lowest BCUT2D eigenvalue weighted by Gasteiger charge is -2.29. The largest absolute Gasteiger partial charge is 0.417 e. The van der Waals surface area contributed by atoms with Crippen LogP contribution in [0.25, 0.3) is 11.3 Å². The van der Waals surface area contributed by atoms with Crippen molar-refractivity contribution in [3.8, 4) is 11.3 Å². The van der Waals surface area contributed by atoms with Gasteiger partial charge in [-0.05, 0) is 26.0 Å². The SMILES string of the molecule is COC(C)(C)c1cc(-c2cnc(N)cc2C(F)(F)F)nc(N2CCOCC2)n1. The van der Waals surface area contributed by atoms with Gasteiger partial charge in [-0.3, -0.25) is 0 Å². The molecular weight excluding hydrogens is 375 g/mol. The number of aromatic nitrogens is 3. The molecule has 0 spiro atoms. The van der Waals surface area contributed by atoms with E-state index in [1.54, 1.807) is 13.8 Å². The van der Waals surface area contributed by atoms with Crippen molar-refractivity contribution in [2.45, 2.75) is 25.6 Å². The van der Waals surface area contributed by atoms with E-state index in [1.165, 1.54) is 13.2 Å². The van der Waals surface area contributed by atoms with E-state index in [2.05, 4.69) is 15.0 Å². The summed E-state index contributed by atoms with van der Waals surface area (Å²) in [6.07, 6.45) is -3.51. The minimum atomic E-state index is -4.60. The molecule has 0 bridgehead atoms. The highest BCUT2D eigenvalue weighted by atomic mass is 19.4. The van der Waals surface area contributed by atoms with Gasteiger partial charge in [0.25, 0.3) is 0 Å². The van der Waals surface area contributed by atoms with Gasteiger partial charge in [0.15, 0.2) is 0 Å². The smallest absolute Gasteiger partial charge is 0.384 e. The Hall–Kier alpha value is -2.46. The summed E-state index contributed by atoms with van der Waals surface area (Å²) in [5, 5.41) is 0. The molecule has 2 N–H and O–H groups in total. The standard InChI is InChI=1S/C18H22F3N5O2/c1-17(2,27-3)14-9-13(24-16(25-14)26-4-6-28-7-5-26)11-10-23-15(22)8-12(11)18(19,20)21/h8-10H,4-7H2,1-3H3,(H2,22,23). The van der Waals surface area contributed by atoms with Crippen LogP contribution in [-0.2, 0) is 21.3 Å². The molecule has 152 valence electrons. The predicted molar refractivity (Wildman–Crippen MR) is 97.7 cm³/mol. The molecule has 0 atom stereocenters. The van der Waals surface area contributed by atoms with E-state index in [-0.39, 0.29) is 17.1 Å². The fraction of sp³-hybridized carbons (Fsp3) is 0.500. The summed E-state index contributed by atoms with van der Waals surface area (Å²) in [7, 11) is 1.52. The summed E-state index contributed by atoms with van der Waals surface area (Å²) in [5.74, 6) is 0.113. The molecule has 7 nitrogen and oxygen atoms in total. The molecular formula is C18H22F3N5O2. The molecule has 3 rings (SSSR count). The topological polar surface area (TPSA) is 86.4 Å². The molecule has 0 saturated carbocycles. The van der Waals surface area contributed by atoms with Crippen molar-refractivity contribution in [3.05, 3.63) is 29.6 Å². The Morgan fingerprint density at radius 1 is 1.14 bits per heavy atom. The van der Waals surface area contributed by atoms with Crippen molar-refractivity contribution in [3.63, 3.8) is 0 Å². The van der Waals surface area contributed by atoms with Crippen LogP contribution in [0.3, 0.4) is 0 Å². The first-order chi connectivity index (χ1) is 13.1. The molecule has 0 aliphatic carbocycles. The zero-order valence-electron chi connectivity index (χ0n) is 15.9. The third-order valence-electron chi connectivity index (χ3n) is 4.64. The predicted octanol–water partition coefficient (Wildman–Crippen LogP) is 2.86. The summed E-state index contributed by atoms with van der Waals surface area (Å²) < 4.78 is 51.6. The summed E-state index contributed by atoms with van der Waals surface area (Å²) in [6, 6.07) is 2.31. The van der Waals surface area contributed by atoms with E-state index in [0.29, 0.717) is 37.9 Å². The maximum atomic E-state index is 13.6. The highest BCUT2D eigenvalue weighted by Crippen LogP contribution is 2.38. The average Bonchev–Trinajstić information content (AvgIpc) is 2.67. The van der Waals surface area contributed by atoms with Crippen molar-refractivity contribution in [1.82, 2.24) is 15.0 Å². The molecule has 2 aromatic heterocycles. The number of morpholine rings is 1. The van der Waals surface area contributed by atoms with E-state index in [1.807, 2.05) is 4.90 Å². The molecule has 0 radical (unpaired) electrons. The van der Waals surface area contributed by atoms with Crippen LogP contribution in [0, 0.1) is 0 Å². The highest BCUT2D eigenvalue weighted by molar-refractivity contribution is 5.67. The first-order valence-corrected chi connectivity index (χ1v) is 8.72. The van der Waals surface area contributed by atoms with Crippen molar-refractivity contribution < 1.29 is 22.6 Å². The Kier molecular flexibility index (Phi) is 5.44. The minimum absolute atomic E-state index is 0.108. The van der Waals surface area contributed by atoms with E-state index >= 15 is 0 Å². The van der Waals surface area contributed by atoms with Crippen LogP contribution >= 0.6 is 0 Å². The van der Waals surface area contributed by atoms with Crippen molar-refractivity contribution >= 4 is 11.8 Å². The average molecular weight is 397 g/mol. The summed E-state index contributed by atoms with van der Waals surface area (Å²) in [5.41, 5.74) is 4.18. The van der Waals surface area contributed by atoms with Crippen LogP contribution in [0.2, 0.25) is 0 Å². The number of alkyl halides is 3. The number of ether oxygens (including phenoxy) is 2. The maximum Gasteiger partial charge on any atom is 0.417 e. The Balaban J connectivity index is 2.19. The van der Waals surface area contributed by atoms with Gasteiger partial charge in [-0.15, -0.1) is 0 Å². The molecule has 28 heavy (non-hydrogen) atoms. The van der Waals surface area contributed by atoms with Crippen molar-refractivity contribution in [2.24, 2.45) is 0 Å². The first-order valence-electron chi connectivity index (χ1n) is 8.72. The van der Waals surface area contributed by atoms with Gasteiger partial charge < -0.3 is 20.1 Å². The van der Waals surface area contributed by atoms with Gasteiger partial charge in [-0.25, -0.2) is 15.0 Å². The molecule has 3 heterocycles. The number of anilines is 2. The van der Waals surface area contributed by atoms with Crippen LogP contribution in [0.15, 0.2) is 18.3 Å². The fourth-order valence-corrected chi connectivity index (χ4v) is 2.80. The number of hydrogen-bond donors (Lipinski definition) is 1. The van der Waals surface area contributed by atoms with Crippen molar-refractivity contribution in [1.29, 1.82) is 0 Å². The van der Waals surface area contributed by atoms with E-state index < -0.39 is 17.3 Å². The fourth-order valence-electron chi connectivity index (χ4n) is 2.80. The summed E-state index contributed by atoms with van der Waals surface area (Å²) in [4.78, 5) is 14.7. The van der Waals surface area contributed by atoms with Gasteiger partial charge in [-0.1, -0.05) is 0 Å². The van der Waals surface area contributed by atoms with E-state index in [0.717, 1.165) is 12.3 Å². The van der Waals surface area contributed by atoms with Gasteiger partial charge in [0.2, 0.25) is 5.95 Å². The van der Waals surface area contributed by atoms with Crippen LogP contribution in [0.4, 0.5) is 24.9 Å². The molecule has 1 aliphatic rings. The lowest BCUT2D eigenvalue weighted by atomic mass is 10.0. The normalized spacial score (nSPS) is 15.7. The van der Waals surface area contributed by atoms with Gasteiger partial charge in [0, 0.05) is 32.0 Å². The molecule has 0 aromatic carbocycles. The highest BCUT2D eigenvalue weighted by Gasteiger charge is 2.35. The zero-order valence-corrected chi connectivity index (χ0v) is 15.9. The van der Waals surface area contributed by atoms with Gasteiger partial charge in [0.05, 0.1) is 30.2 Å². The van der Waals surface area contributed by atoms with E-state index in [9.17, 15) is 13.2 Å². The van der Waals surface area contributed by atoms with Crippen LogP contribution in [0.5, 0.6) is 0 Å². The van der Waals surface area contributed by atoms with E-state index in [4.69, 9.17) is 15.2 Å². The number of nitrogens with zero attached hydrogens (tertiary/aromatic N) is 4. The Morgan fingerprint density at radius 2 is 1.82 bits per heavy atom. The molecule has 2 aromatic rings. The Labute approximate surface area is 160 Å². The molecule has 0 unspecified atom stereocenters. The molecule has 10 heteroatoms. The first kappa shape index (κ1) is 20.3. The number of methoxy groups -OCH3 is 1. The minimum Gasteiger partial charge on any atom is -0.384 e. The maximum absolute atomic E-state index is 13.6. The second-order valence-corrected chi connectivity index (χ2v) is 6.90. The Bertz CT molecular complexity index is 852. The number of nitrogens with two attached hydrogens (primary N) is 1. The van der Waals surface area contributed by atoms with Crippen LogP contribution in [0.1, 0.15) is 25.1 Å². The van der Waals surface area contributed by atoms with Crippen LogP contribution < -0.4 is 10.6 Å². The summed E-state index contributed by atoms with van der Waals surface area (Å²) in [6.45, 7) is 5.65. The third kappa shape index (κ3) is 4.17. The number of rotatable bonds is 4.